The predicted molar refractivity (Wildman–Crippen MR) is 95.0 cm³/mol. The average Bonchev–Trinajstić information content (AvgIpc) is 3.18. The maximum atomic E-state index is 4.62. The van der Waals surface area contributed by atoms with Crippen molar-refractivity contribution in [3.05, 3.63) is 78.0 Å². The zero-order chi connectivity index (χ0) is 16.4. The summed E-state index contributed by atoms with van der Waals surface area (Å²) >= 11 is 1.66. The van der Waals surface area contributed by atoms with Gasteiger partial charge >= 0.3 is 0 Å². The molecule has 0 unspecified atom stereocenters. The standard InChI is InChI=1S/C18H17N5S/c1-22-17(11-14-7-3-2-4-8-14)20-21-18(22)24-13-15-12-23-10-6-5-9-16(23)19-15/h2-10,12H,11,13H2,1H3. The Balaban J connectivity index is 1.47. The van der Waals surface area contributed by atoms with Gasteiger partial charge in [-0.05, 0) is 17.7 Å². The Bertz CT molecular complexity index is 925. The molecule has 0 aliphatic rings. The van der Waals surface area contributed by atoms with Gasteiger partial charge in [-0.15, -0.1) is 10.2 Å². The SMILES string of the molecule is Cn1c(Cc2ccccc2)nnc1SCc1cn2ccccc2n1. The summed E-state index contributed by atoms with van der Waals surface area (Å²) in [6.07, 6.45) is 4.86. The lowest BCUT2D eigenvalue weighted by molar-refractivity contribution is 0.748. The molecular weight excluding hydrogens is 318 g/mol. The molecule has 4 rings (SSSR count). The van der Waals surface area contributed by atoms with Crippen molar-refractivity contribution >= 4 is 17.4 Å². The van der Waals surface area contributed by atoms with E-state index in [9.17, 15) is 0 Å². The Morgan fingerprint density at radius 2 is 1.83 bits per heavy atom. The summed E-state index contributed by atoms with van der Waals surface area (Å²) in [5.41, 5.74) is 3.25. The summed E-state index contributed by atoms with van der Waals surface area (Å²) in [5.74, 6) is 1.75. The fourth-order valence-corrected chi connectivity index (χ4v) is 3.41. The molecule has 0 saturated heterocycles. The number of thioether (sulfide) groups is 1. The normalized spacial score (nSPS) is 11.2. The summed E-state index contributed by atoms with van der Waals surface area (Å²) in [7, 11) is 2.02. The van der Waals surface area contributed by atoms with Gasteiger partial charge in [-0.1, -0.05) is 48.2 Å². The van der Waals surface area contributed by atoms with Crippen LogP contribution >= 0.6 is 11.8 Å². The van der Waals surface area contributed by atoms with Crippen molar-refractivity contribution in [2.75, 3.05) is 0 Å². The minimum atomic E-state index is 0.777. The molecule has 24 heavy (non-hydrogen) atoms. The summed E-state index contributed by atoms with van der Waals surface area (Å²) in [4.78, 5) is 4.62. The molecule has 0 aliphatic heterocycles. The molecule has 0 radical (unpaired) electrons. The molecule has 4 aromatic rings. The van der Waals surface area contributed by atoms with E-state index in [4.69, 9.17) is 0 Å². The molecule has 0 spiro atoms. The highest BCUT2D eigenvalue weighted by Gasteiger charge is 2.11. The van der Waals surface area contributed by atoms with Crippen molar-refractivity contribution < 1.29 is 0 Å². The van der Waals surface area contributed by atoms with E-state index in [0.29, 0.717) is 0 Å². The van der Waals surface area contributed by atoms with Crippen molar-refractivity contribution in [3.63, 3.8) is 0 Å². The van der Waals surface area contributed by atoms with Crippen LogP contribution in [0.2, 0.25) is 0 Å². The quantitative estimate of drug-likeness (QED) is 0.525. The lowest BCUT2D eigenvalue weighted by Gasteiger charge is -2.03. The Labute approximate surface area is 144 Å². The van der Waals surface area contributed by atoms with E-state index in [0.717, 1.165) is 34.5 Å². The molecule has 0 saturated carbocycles. The van der Waals surface area contributed by atoms with E-state index in [1.807, 2.05) is 54.0 Å². The van der Waals surface area contributed by atoms with Crippen LogP contribution in [0.1, 0.15) is 17.1 Å². The highest BCUT2D eigenvalue weighted by Crippen LogP contribution is 2.21. The van der Waals surface area contributed by atoms with E-state index in [2.05, 4.69) is 38.1 Å². The second kappa shape index (κ2) is 6.49. The van der Waals surface area contributed by atoms with Gasteiger partial charge in [-0.25, -0.2) is 4.98 Å². The maximum Gasteiger partial charge on any atom is 0.191 e. The highest BCUT2D eigenvalue weighted by molar-refractivity contribution is 7.98. The van der Waals surface area contributed by atoms with Gasteiger partial charge in [-0.2, -0.15) is 0 Å². The molecule has 0 atom stereocenters. The van der Waals surface area contributed by atoms with Crippen LogP contribution in [-0.2, 0) is 19.2 Å². The maximum absolute atomic E-state index is 4.62. The minimum absolute atomic E-state index is 0.777. The van der Waals surface area contributed by atoms with Crippen LogP contribution in [0.3, 0.4) is 0 Å². The van der Waals surface area contributed by atoms with Gasteiger partial charge in [0.25, 0.3) is 0 Å². The van der Waals surface area contributed by atoms with Crippen molar-refractivity contribution in [2.24, 2.45) is 7.05 Å². The molecule has 0 N–H and O–H groups in total. The van der Waals surface area contributed by atoms with Gasteiger partial charge in [0.05, 0.1) is 5.69 Å². The van der Waals surface area contributed by atoms with Crippen molar-refractivity contribution in [3.8, 4) is 0 Å². The van der Waals surface area contributed by atoms with Crippen LogP contribution in [0.4, 0.5) is 0 Å². The third kappa shape index (κ3) is 3.05. The van der Waals surface area contributed by atoms with E-state index < -0.39 is 0 Å². The number of rotatable bonds is 5. The molecule has 0 amide bonds. The fraction of sp³-hybridized carbons (Fsp3) is 0.167. The Hall–Kier alpha value is -2.60. The van der Waals surface area contributed by atoms with Crippen LogP contribution in [0.15, 0.2) is 66.1 Å². The molecule has 1 aromatic carbocycles. The van der Waals surface area contributed by atoms with Crippen LogP contribution in [0, 0.1) is 0 Å². The Kier molecular flexibility index (Phi) is 4.04. The number of pyridine rings is 1. The first-order valence-electron chi connectivity index (χ1n) is 7.77. The Morgan fingerprint density at radius 1 is 1.00 bits per heavy atom. The first kappa shape index (κ1) is 15.0. The summed E-state index contributed by atoms with van der Waals surface area (Å²) in [5, 5.41) is 9.57. The molecule has 0 fully saturated rings. The smallest absolute Gasteiger partial charge is 0.191 e. The molecule has 3 aromatic heterocycles. The number of benzene rings is 1. The minimum Gasteiger partial charge on any atom is -0.309 e. The number of hydrogen-bond donors (Lipinski definition) is 0. The molecule has 0 aliphatic carbocycles. The van der Waals surface area contributed by atoms with Crippen LogP contribution < -0.4 is 0 Å². The van der Waals surface area contributed by atoms with E-state index in [1.165, 1.54) is 5.56 Å². The van der Waals surface area contributed by atoms with Gasteiger partial charge in [-0.3, -0.25) is 0 Å². The van der Waals surface area contributed by atoms with Crippen LogP contribution in [-0.4, -0.2) is 24.1 Å². The number of nitrogens with zero attached hydrogens (tertiary/aromatic N) is 5. The van der Waals surface area contributed by atoms with Gasteiger partial charge < -0.3 is 8.97 Å². The van der Waals surface area contributed by atoms with Crippen molar-refractivity contribution in [1.29, 1.82) is 0 Å². The summed E-state index contributed by atoms with van der Waals surface area (Å²) in [6, 6.07) is 16.3. The summed E-state index contributed by atoms with van der Waals surface area (Å²) in [6.45, 7) is 0. The van der Waals surface area contributed by atoms with Gasteiger partial charge in [0.15, 0.2) is 5.16 Å². The van der Waals surface area contributed by atoms with Crippen LogP contribution in [0.25, 0.3) is 5.65 Å². The first-order chi connectivity index (χ1) is 11.8. The van der Waals surface area contributed by atoms with E-state index >= 15 is 0 Å². The Morgan fingerprint density at radius 3 is 2.67 bits per heavy atom. The van der Waals surface area contributed by atoms with E-state index in [1.54, 1.807) is 11.8 Å². The van der Waals surface area contributed by atoms with Gasteiger partial charge in [0.1, 0.15) is 11.5 Å². The molecule has 120 valence electrons. The molecular formula is C18H17N5S. The largest absolute Gasteiger partial charge is 0.309 e. The lowest BCUT2D eigenvalue weighted by atomic mass is 10.1. The molecule has 0 bridgehead atoms. The fourth-order valence-electron chi connectivity index (χ4n) is 2.60. The number of hydrogen-bond acceptors (Lipinski definition) is 4. The molecule has 5 nitrogen and oxygen atoms in total. The zero-order valence-corrected chi connectivity index (χ0v) is 14.1. The average molecular weight is 335 g/mol. The van der Waals surface area contributed by atoms with Crippen LogP contribution in [0.5, 0.6) is 0 Å². The van der Waals surface area contributed by atoms with E-state index in [-0.39, 0.29) is 0 Å². The van der Waals surface area contributed by atoms with Crippen molar-refractivity contribution in [2.45, 2.75) is 17.3 Å². The number of fused-ring (bicyclic) bond motifs is 1. The third-order valence-electron chi connectivity index (χ3n) is 3.89. The highest BCUT2D eigenvalue weighted by atomic mass is 32.2. The monoisotopic (exact) mass is 335 g/mol. The third-order valence-corrected chi connectivity index (χ3v) is 4.95. The van der Waals surface area contributed by atoms with Gasteiger partial charge in [0.2, 0.25) is 0 Å². The lowest BCUT2D eigenvalue weighted by Crippen LogP contribution is -2.00. The molecule has 6 heteroatoms. The van der Waals surface area contributed by atoms with Crippen molar-refractivity contribution in [1.82, 2.24) is 24.1 Å². The van der Waals surface area contributed by atoms with Gasteiger partial charge in [0, 0.05) is 31.6 Å². The molecule has 3 heterocycles. The second-order valence-corrected chi connectivity index (χ2v) is 6.55. The zero-order valence-electron chi connectivity index (χ0n) is 13.3. The summed E-state index contributed by atoms with van der Waals surface area (Å²) < 4.78 is 4.10. The number of aromatic nitrogens is 5. The number of imidazole rings is 1. The topological polar surface area (TPSA) is 48.0 Å². The second-order valence-electron chi connectivity index (χ2n) is 5.61. The first-order valence-corrected chi connectivity index (χ1v) is 8.76. The predicted octanol–water partition coefficient (Wildman–Crippen LogP) is 3.35.